The Labute approximate surface area is 137 Å². The molecule has 0 fully saturated rings. The number of hydrogen-bond acceptors (Lipinski definition) is 3. The zero-order valence-electron chi connectivity index (χ0n) is 11.7. The third-order valence-electron chi connectivity index (χ3n) is 3.35. The van der Waals surface area contributed by atoms with Crippen molar-refractivity contribution in [2.24, 2.45) is 5.14 Å². The van der Waals surface area contributed by atoms with Crippen LogP contribution in [0, 0.1) is 5.82 Å². The van der Waals surface area contributed by atoms with Crippen molar-refractivity contribution >= 4 is 21.6 Å². The fourth-order valence-corrected chi connectivity index (χ4v) is 3.09. The summed E-state index contributed by atoms with van der Waals surface area (Å²) in [4.78, 5) is -0.0163. The lowest BCUT2D eigenvalue weighted by molar-refractivity contribution is 0.571. The topological polar surface area (TPSA) is 73.3 Å². The molecule has 1 heterocycles. The van der Waals surface area contributed by atoms with E-state index in [4.69, 9.17) is 21.2 Å². The van der Waals surface area contributed by atoms with Gasteiger partial charge in [-0.2, -0.15) is 0 Å². The summed E-state index contributed by atoms with van der Waals surface area (Å²) >= 11 is 6.10. The molecule has 3 rings (SSSR count). The fraction of sp³-hybridized carbons (Fsp3) is 0. The number of furan rings is 1. The van der Waals surface area contributed by atoms with E-state index in [1.807, 2.05) is 0 Å². The maximum Gasteiger partial charge on any atom is 0.238 e. The van der Waals surface area contributed by atoms with Crippen molar-refractivity contribution in [3.8, 4) is 22.3 Å². The molecule has 0 radical (unpaired) electrons. The van der Waals surface area contributed by atoms with Gasteiger partial charge in [0.1, 0.15) is 12.1 Å². The zero-order chi connectivity index (χ0) is 16.6. The van der Waals surface area contributed by atoms with Crippen molar-refractivity contribution in [2.45, 2.75) is 4.90 Å². The van der Waals surface area contributed by atoms with Gasteiger partial charge >= 0.3 is 0 Å². The van der Waals surface area contributed by atoms with Crippen molar-refractivity contribution in [1.82, 2.24) is 0 Å². The van der Waals surface area contributed by atoms with Crippen LogP contribution in [0.25, 0.3) is 22.3 Å². The normalized spacial score (nSPS) is 11.6. The fourth-order valence-electron chi connectivity index (χ4n) is 2.27. The van der Waals surface area contributed by atoms with E-state index in [0.717, 1.165) is 0 Å². The molecule has 23 heavy (non-hydrogen) atoms. The van der Waals surface area contributed by atoms with Crippen LogP contribution in [0.15, 0.2) is 64.1 Å². The van der Waals surface area contributed by atoms with Gasteiger partial charge in [0.25, 0.3) is 0 Å². The molecule has 118 valence electrons. The van der Waals surface area contributed by atoms with Crippen molar-refractivity contribution in [2.75, 3.05) is 0 Å². The summed E-state index contributed by atoms with van der Waals surface area (Å²) in [6.07, 6.45) is 1.42. The summed E-state index contributed by atoms with van der Waals surface area (Å²) in [6, 6.07) is 11.9. The molecular weight excluding hydrogens is 341 g/mol. The van der Waals surface area contributed by atoms with Crippen LogP contribution >= 0.6 is 11.6 Å². The Kier molecular flexibility index (Phi) is 3.97. The van der Waals surface area contributed by atoms with Crippen molar-refractivity contribution in [3.05, 3.63) is 65.8 Å². The van der Waals surface area contributed by atoms with Crippen LogP contribution in [0.5, 0.6) is 0 Å². The molecule has 0 aliphatic carbocycles. The summed E-state index contributed by atoms with van der Waals surface area (Å²) in [5.41, 5.74) is 2.37. The minimum absolute atomic E-state index is 0.0163. The van der Waals surface area contributed by atoms with E-state index in [2.05, 4.69) is 0 Å². The molecule has 0 saturated heterocycles. The lowest BCUT2D eigenvalue weighted by atomic mass is 9.99. The zero-order valence-corrected chi connectivity index (χ0v) is 13.2. The van der Waals surface area contributed by atoms with Crippen LogP contribution < -0.4 is 5.14 Å². The van der Waals surface area contributed by atoms with Gasteiger partial charge in [-0.3, -0.25) is 0 Å². The van der Waals surface area contributed by atoms with E-state index in [1.165, 1.54) is 30.5 Å². The molecule has 7 heteroatoms. The quantitative estimate of drug-likeness (QED) is 0.773. The smallest absolute Gasteiger partial charge is 0.238 e. The third kappa shape index (κ3) is 3.14. The van der Waals surface area contributed by atoms with Gasteiger partial charge in [0, 0.05) is 11.1 Å². The summed E-state index contributed by atoms with van der Waals surface area (Å²) in [5.74, 6) is -0.369. The summed E-state index contributed by atoms with van der Waals surface area (Å²) in [7, 11) is -3.82. The second kappa shape index (κ2) is 5.81. The van der Waals surface area contributed by atoms with Crippen LogP contribution in [0.3, 0.4) is 0 Å². The Morgan fingerprint density at radius 2 is 1.74 bits per heavy atom. The molecule has 2 N–H and O–H groups in total. The molecule has 1 aromatic heterocycles. The van der Waals surface area contributed by atoms with E-state index in [0.29, 0.717) is 22.3 Å². The molecule has 2 aromatic carbocycles. The molecule has 0 atom stereocenters. The number of hydrogen-bond donors (Lipinski definition) is 1. The SMILES string of the molecule is NS(=O)(=O)c1cccc(-c2coc(Cl)c2-c2ccc(F)cc2)c1. The van der Waals surface area contributed by atoms with Gasteiger partial charge in [-0.25, -0.2) is 17.9 Å². The predicted octanol–water partition coefficient (Wildman–Crippen LogP) is 4.05. The van der Waals surface area contributed by atoms with E-state index in [-0.39, 0.29) is 15.9 Å². The second-order valence-electron chi connectivity index (χ2n) is 4.88. The molecule has 0 spiro atoms. The monoisotopic (exact) mass is 351 g/mol. The van der Waals surface area contributed by atoms with Gasteiger partial charge in [0.15, 0.2) is 0 Å². The number of sulfonamides is 1. The van der Waals surface area contributed by atoms with Gasteiger partial charge in [-0.1, -0.05) is 24.3 Å². The Morgan fingerprint density at radius 1 is 1.04 bits per heavy atom. The van der Waals surface area contributed by atoms with Crippen molar-refractivity contribution in [1.29, 1.82) is 0 Å². The van der Waals surface area contributed by atoms with Gasteiger partial charge in [0.05, 0.1) is 4.90 Å². The Balaban J connectivity index is 2.17. The predicted molar refractivity (Wildman–Crippen MR) is 85.9 cm³/mol. The van der Waals surface area contributed by atoms with Crippen molar-refractivity contribution in [3.63, 3.8) is 0 Å². The standard InChI is InChI=1S/C16H11ClFNO3S/c17-16-15(10-4-6-12(18)7-5-10)14(9-22-16)11-2-1-3-13(8-11)23(19,20)21/h1-9H,(H2,19,20,21). The summed E-state index contributed by atoms with van der Waals surface area (Å²) in [5, 5.41) is 5.29. The highest BCUT2D eigenvalue weighted by atomic mass is 35.5. The Hall–Kier alpha value is -2.15. The van der Waals surface area contributed by atoms with Gasteiger partial charge in [0.2, 0.25) is 15.2 Å². The highest BCUT2D eigenvalue weighted by Crippen LogP contribution is 2.39. The lowest BCUT2D eigenvalue weighted by Crippen LogP contribution is -2.11. The first-order valence-electron chi connectivity index (χ1n) is 6.52. The first-order valence-corrected chi connectivity index (χ1v) is 8.45. The summed E-state index contributed by atoms with van der Waals surface area (Å²) < 4.78 is 41.4. The molecule has 3 aromatic rings. The highest BCUT2D eigenvalue weighted by molar-refractivity contribution is 7.89. The van der Waals surface area contributed by atoms with E-state index in [9.17, 15) is 12.8 Å². The molecule has 0 unspecified atom stereocenters. The molecule has 0 aliphatic heterocycles. The number of rotatable bonds is 3. The first-order chi connectivity index (χ1) is 10.9. The molecule has 0 aliphatic rings. The first kappa shape index (κ1) is 15.7. The highest BCUT2D eigenvalue weighted by Gasteiger charge is 2.17. The lowest BCUT2D eigenvalue weighted by Gasteiger charge is -2.06. The van der Waals surface area contributed by atoms with Crippen LogP contribution in [0.4, 0.5) is 4.39 Å². The van der Waals surface area contributed by atoms with Crippen LogP contribution in [0.1, 0.15) is 0 Å². The van der Waals surface area contributed by atoms with E-state index >= 15 is 0 Å². The number of primary sulfonamides is 1. The largest absolute Gasteiger partial charge is 0.452 e. The van der Waals surface area contributed by atoms with Crippen LogP contribution in [-0.2, 0) is 10.0 Å². The number of halogens is 2. The maximum absolute atomic E-state index is 13.1. The Morgan fingerprint density at radius 3 is 2.39 bits per heavy atom. The minimum atomic E-state index is -3.82. The summed E-state index contributed by atoms with van der Waals surface area (Å²) in [6.45, 7) is 0. The average molecular weight is 352 g/mol. The Bertz CT molecular complexity index is 965. The minimum Gasteiger partial charge on any atom is -0.452 e. The molecule has 0 bridgehead atoms. The van der Waals surface area contributed by atoms with Gasteiger partial charge in [-0.05, 0) is 47.0 Å². The van der Waals surface area contributed by atoms with E-state index < -0.39 is 10.0 Å². The van der Waals surface area contributed by atoms with Crippen LogP contribution in [-0.4, -0.2) is 8.42 Å². The molecule has 4 nitrogen and oxygen atoms in total. The third-order valence-corrected chi connectivity index (χ3v) is 4.54. The molecule has 0 amide bonds. The van der Waals surface area contributed by atoms with Gasteiger partial charge < -0.3 is 4.42 Å². The number of benzene rings is 2. The molecular formula is C16H11ClFNO3S. The van der Waals surface area contributed by atoms with Gasteiger partial charge in [-0.15, -0.1) is 0 Å². The van der Waals surface area contributed by atoms with Crippen LogP contribution in [0.2, 0.25) is 5.22 Å². The maximum atomic E-state index is 13.1. The average Bonchev–Trinajstić information content (AvgIpc) is 2.89. The van der Waals surface area contributed by atoms with Crippen molar-refractivity contribution < 1.29 is 17.2 Å². The van der Waals surface area contributed by atoms with E-state index in [1.54, 1.807) is 24.3 Å². The molecule has 0 saturated carbocycles. The number of nitrogens with two attached hydrogens (primary N) is 1. The second-order valence-corrected chi connectivity index (χ2v) is 6.78.